The van der Waals surface area contributed by atoms with Crippen LogP contribution in [0.25, 0.3) is 10.2 Å². The zero-order valence-corrected chi connectivity index (χ0v) is 19.8. The van der Waals surface area contributed by atoms with E-state index in [1.54, 1.807) is 23.1 Å². The van der Waals surface area contributed by atoms with E-state index in [-0.39, 0.29) is 16.4 Å². The molecule has 0 aliphatic carbocycles. The Kier molecular flexibility index (Phi) is 7.30. The minimum absolute atomic E-state index is 0.0253. The van der Waals surface area contributed by atoms with Crippen LogP contribution >= 0.6 is 11.3 Å². The molecule has 1 aromatic heterocycles. The standard InChI is InChI=1S/C22H27N3O4S2/c1-5-29-16-11-12-18-19(15-16)30-22(23-18)25(14-8-13-24(2)3)21(26)17-9-6-7-10-20(17)31(4,27)28/h6-7,9-12,15H,5,8,13-14H2,1-4H3. The number of hydrogen-bond donors (Lipinski definition) is 0. The quantitative estimate of drug-likeness (QED) is 0.483. The van der Waals surface area contributed by atoms with Crippen LogP contribution in [-0.4, -0.2) is 64.3 Å². The highest BCUT2D eigenvalue weighted by atomic mass is 32.2. The van der Waals surface area contributed by atoms with Gasteiger partial charge in [-0.25, -0.2) is 13.4 Å². The fourth-order valence-corrected chi connectivity index (χ4v) is 5.10. The minimum atomic E-state index is -3.55. The number of nitrogens with zero attached hydrogens (tertiary/aromatic N) is 3. The Morgan fingerprint density at radius 2 is 1.87 bits per heavy atom. The molecule has 1 amide bonds. The van der Waals surface area contributed by atoms with Crippen LogP contribution < -0.4 is 9.64 Å². The van der Waals surface area contributed by atoms with Crippen molar-refractivity contribution >= 4 is 42.4 Å². The third-order valence-corrected chi connectivity index (χ3v) is 6.84. The molecular formula is C22H27N3O4S2. The molecule has 0 aliphatic heterocycles. The third kappa shape index (κ3) is 5.61. The lowest BCUT2D eigenvalue weighted by atomic mass is 10.2. The number of ether oxygens (including phenoxy) is 1. The molecule has 9 heteroatoms. The lowest BCUT2D eigenvalue weighted by Gasteiger charge is -2.22. The normalized spacial score (nSPS) is 11.8. The Morgan fingerprint density at radius 1 is 1.13 bits per heavy atom. The molecule has 0 spiro atoms. The maximum atomic E-state index is 13.5. The van der Waals surface area contributed by atoms with Crippen molar-refractivity contribution in [1.82, 2.24) is 9.88 Å². The first-order chi connectivity index (χ1) is 14.7. The fraction of sp³-hybridized carbons (Fsp3) is 0.364. The van der Waals surface area contributed by atoms with Gasteiger partial charge in [0.05, 0.1) is 27.3 Å². The van der Waals surface area contributed by atoms with Crippen molar-refractivity contribution in [3.8, 4) is 5.75 Å². The maximum Gasteiger partial charge on any atom is 0.261 e. The first-order valence-electron chi connectivity index (χ1n) is 9.99. The molecule has 0 bridgehead atoms. The summed E-state index contributed by atoms with van der Waals surface area (Å²) in [4.78, 5) is 21.8. The van der Waals surface area contributed by atoms with E-state index in [4.69, 9.17) is 4.74 Å². The molecule has 31 heavy (non-hydrogen) atoms. The van der Waals surface area contributed by atoms with E-state index in [9.17, 15) is 13.2 Å². The zero-order valence-electron chi connectivity index (χ0n) is 18.2. The number of fused-ring (bicyclic) bond motifs is 1. The molecule has 7 nitrogen and oxygen atoms in total. The van der Waals surface area contributed by atoms with Gasteiger partial charge >= 0.3 is 0 Å². The van der Waals surface area contributed by atoms with Gasteiger partial charge < -0.3 is 9.64 Å². The monoisotopic (exact) mass is 461 g/mol. The van der Waals surface area contributed by atoms with E-state index in [2.05, 4.69) is 4.98 Å². The van der Waals surface area contributed by atoms with Crippen LogP contribution in [0, 0.1) is 0 Å². The molecule has 1 heterocycles. The van der Waals surface area contributed by atoms with Crippen LogP contribution in [0.4, 0.5) is 5.13 Å². The molecule has 0 aliphatic rings. The number of sulfone groups is 1. The molecule has 3 aromatic rings. The van der Waals surface area contributed by atoms with E-state index >= 15 is 0 Å². The highest BCUT2D eigenvalue weighted by molar-refractivity contribution is 7.90. The van der Waals surface area contributed by atoms with Gasteiger partial charge in [-0.2, -0.15) is 0 Å². The van der Waals surface area contributed by atoms with Crippen molar-refractivity contribution in [3.63, 3.8) is 0 Å². The SMILES string of the molecule is CCOc1ccc2nc(N(CCCN(C)C)C(=O)c3ccccc3S(C)(=O)=O)sc2c1. The second kappa shape index (κ2) is 9.76. The Morgan fingerprint density at radius 3 is 2.55 bits per heavy atom. The predicted octanol–water partition coefficient (Wildman–Crippen LogP) is 3.70. The van der Waals surface area contributed by atoms with Crippen LogP contribution in [0.5, 0.6) is 5.75 Å². The summed E-state index contributed by atoms with van der Waals surface area (Å²) in [6.45, 7) is 3.70. The van der Waals surface area contributed by atoms with E-state index in [0.29, 0.717) is 18.3 Å². The van der Waals surface area contributed by atoms with E-state index in [0.717, 1.165) is 35.2 Å². The van der Waals surface area contributed by atoms with Gasteiger partial charge in [-0.15, -0.1) is 0 Å². The summed E-state index contributed by atoms with van der Waals surface area (Å²) in [5.74, 6) is 0.377. The number of aromatic nitrogens is 1. The van der Waals surface area contributed by atoms with Gasteiger partial charge in [-0.3, -0.25) is 9.69 Å². The van der Waals surface area contributed by atoms with Crippen molar-refractivity contribution in [2.45, 2.75) is 18.2 Å². The maximum absolute atomic E-state index is 13.5. The third-order valence-electron chi connectivity index (χ3n) is 4.64. The topological polar surface area (TPSA) is 79.8 Å². The lowest BCUT2D eigenvalue weighted by molar-refractivity contribution is 0.0983. The molecule has 3 rings (SSSR count). The van der Waals surface area contributed by atoms with Gasteiger partial charge in [0.1, 0.15) is 5.75 Å². The van der Waals surface area contributed by atoms with Crippen LogP contribution in [0.2, 0.25) is 0 Å². The Labute approximate surface area is 187 Å². The highest BCUT2D eigenvalue weighted by Crippen LogP contribution is 2.33. The number of rotatable bonds is 9. The average Bonchev–Trinajstić information content (AvgIpc) is 3.13. The van der Waals surface area contributed by atoms with Crippen LogP contribution in [-0.2, 0) is 9.84 Å². The fourth-order valence-electron chi connectivity index (χ4n) is 3.21. The summed E-state index contributed by atoms with van der Waals surface area (Å²) < 4.78 is 31.0. The number of anilines is 1. The second-order valence-electron chi connectivity index (χ2n) is 7.44. The number of carbonyl (C=O) groups is 1. The van der Waals surface area contributed by atoms with E-state index < -0.39 is 9.84 Å². The summed E-state index contributed by atoms with van der Waals surface area (Å²) in [7, 11) is 0.387. The summed E-state index contributed by atoms with van der Waals surface area (Å²) in [5.41, 5.74) is 0.925. The molecule has 0 saturated heterocycles. The van der Waals surface area contributed by atoms with Gasteiger partial charge in [-0.1, -0.05) is 23.5 Å². The molecule has 0 N–H and O–H groups in total. The van der Waals surface area contributed by atoms with Crippen molar-refractivity contribution < 1.29 is 17.9 Å². The molecule has 0 atom stereocenters. The van der Waals surface area contributed by atoms with Gasteiger partial charge in [0.15, 0.2) is 15.0 Å². The van der Waals surface area contributed by atoms with E-state index in [1.165, 1.54) is 17.4 Å². The predicted molar refractivity (Wildman–Crippen MR) is 125 cm³/mol. The van der Waals surface area contributed by atoms with Gasteiger partial charge in [0, 0.05) is 12.8 Å². The van der Waals surface area contributed by atoms with E-state index in [1.807, 2.05) is 44.1 Å². The number of benzene rings is 2. The molecule has 0 unspecified atom stereocenters. The molecule has 166 valence electrons. The largest absolute Gasteiger partial charge is 0.494 e. The highest BCUT2D eigenvalue weighted by Gasteiger charge is 2.26. The number of amides is 1. The smallest absolute Gasteiger partial charge is 0.261 e. The van der Waals surface area contributed by atoms with Crippen molar-refractivity contribution in [3.05, 3.63) is 48.0 Å². The first kappa shape index (κ1) is 23.2. The van der Waals surface area contributed by atoms with Gasteiger partial charge in [-0.05, 0) is 64.3 Å². The number of carbonyl (C=O) groups excluding carboxylic acids is 1. The van der Waals surface area contributed by atoms with Crippen molar-refractivity contribution in [1.29, 1.82) is 0 Å². The first-order valence-corrected chi connectivity index (χ1v) is 12.7. The van der Waals surface area contributed by atoms with Crippen molar-refractivity contribution in [2.75, 3.05) is 44.9 Å². The van der Waals surface area contributed by atoms with Gasteiger partial charge in [0.2, 0.25) is 0 Å². The van der Waals surface area contributed by atoms with Crippen molar-refractivity contribution in [2.24, 2.45) is 0 Å². The summed E-state index contributed by atoms with van der Waals surface area (Å²) >= 11 is 1.39. The summed E-state index contributed by atoms with van der Waals surface area (Å²) in [6, 6.07) is 11.9. The van der Waals surface area contributed by atoms with Crippen LogP contribution in [0.1, 0.15) is 23.7 Å². The molecular weight excluding hydrogens is 434 g/mol. The number of hydrogen-bond acceptors (Lipinski definition) is 7. The second-order valence-corrected chi connectivity index (χ2v) is 10.4. The minimum Gasteiger partial charge on any atom is -0.494 e. The van der Waals surface area contributed by atoms with Crippen LogP contribution in [0.3, 0.4) is 0 Å². The lowest BCUT2D eigenvalue weighted by Crippen LogP contribution is -2.34. The summed E-state index contributed by atoms with van der Waals surface area (Å²) in [5, 5.41) is 0.538. The van der Waals surface area contributed by atoms with Crippen LogP contribution in [0.15, 0.2) is 47.4 Å². The Hall–Kier alpha value is -2.49. The molecule has 0 fully saturated rings. The molecule has 2 aromatic carbocycles. The zero-order chi connectivity index (χ0) is 22.6. The number of thiazole rings is 1. The van der Waals surface area contributed by atoms with Gasteiger partial charge in [0.25, 0.3) is 5.91 Å². The molecule has 0 saturated carbocycles. The molecule has 0 radical (unpaired) electrons. The average molecular weight is 462 g/mol. The Bertz CT molecular complexity index is 1170. The summed E-state index contributed by atoms with van der Waals surface area (Å²) in [6.07, 6.45) is 1.84. The Balaban J connectivity index is 2.03.